The van der Waals surface area contributed by atoms with Gasteiger partial charge in [0.2, 0.25) is 0 Å². The van der Waals surface area contributed by atoms with Gasteiger partial charge in [0.15, 0.2) is 0 Å². The molecule has 0 saturated heterocycles. The highest BCUT2D eigenvalue weighted by Crippen LogP contribution is 2.46. The number of hydrogen-bond acceptors (Lipinski definition) is 2. The molecule has 0 fully saturated rings. The predicted octanol–water partition coefficient (Wildman–Crippen LogP) is 17.2. The van der Waals surface area contributed by atoms with Crippen molar-refractivity contribution in [3.63, 3.8) is 0 Å². The van der Waals surface area contributed by atoms with E-state index < -0.39 is 0 Å². The zero-order valence-corrected chi connectivity index (χ0v) is 33.9. The molecule has 0 unspecified atom stereocenters. The van der Waals surface area contributed by atoms with Crippen LogP contribution in [0.25, 0.3) is 98.8 Å². The maximum atomic E-state index is 6.40. The predicted molar refractivity (Wildman–Crippen MR) is 263 cm³/mol. The molecule has 1 aromatic heterocycles. The van der Waals surface area contributed by atoms with E-state index in [1.54, 1.807) is 0 Å². The van der Waals surface area contributed by atoms with Crippen molar-refractivity contribution in [2.75, 3.05) is 4.90 Å². The van der Waals surface area contributed by atoms with E-state index in [0.717, 1.165) is 39.2 Å². The van der Waals surface area contributed by atoms with Gasteiger partial charge in [-0.15, -0.1) is 0 Å². The smallest absolute Gasteiger partial charge is 0.136 e. The average Bonchev–Trinajstić information content (AvgIpc) is 3.74. The largest absolute Gasteiger partial charge is 0.456 e. The highest BCUT2D eigenvalue weighted by molar-refractivity contribution is 6.36. The number of benzene rings is 11. The van der Waals surface area contributed by atoms with E-state index in [-0.39, 0.29) is 0 Å². The molecule has 0 aliphatic heterocycles. The van der Waals surface area contributed by atoms with Crippen LogP contribution >= 0.6 is 0 Å². The molecular formula is C60H39NO. The first-order chi connectivity index (χ1) is 30.7. The lowest BCUT2D eigenvalue weighted by atomic mass is 9.88. The summed E-state index contributed by atoms with van der Waals surface area (Å²) in [5, 5.41) is 9.73. The Morgan fingerprint density at radius 3 is 1.27 bits per heavy atom. The number of hydrogen-bond donors (Lipinski definition) is 0. The van der Waals surface area contributed by atoms with Crippen LogP contribution in [-0.4, -0.2) is 0 Å². The Kier molecular flexibility index (Phi) is 8.53. The fraction of sp³-hybridized carbons (Fsp3) is 0. The van der Waals surface area contributed by atoms with Gasteiger partial charge in [0.05, 0.1) is 0 Å². The van der Waals surface area contributed by atoms with Gasteiger partial charge in [0, 0.05) is 33.2 Å². The summed E-state index contributed by atoms with van der Waals surface area (Å²) in [6.45, 7) is 0. The van der Waals surface area contributed by atoms with Gasteiger partial charge >= 0.3 is 0 Å². The molecule has 0 amide bonds. The number of anilines is 3. The van der Waals surface area contributed by atoms with Gasteiger partial charge in [0.1, 0.15) is 11.2 Å². The Hall–Kier alpha value is -8.20. The zero-order chi connectivity index (χ0) is 41.0. The molecule has 290 valence electrons. The number of nitrogens with zero attached hydrogens (tertiary/aromatic N) is 1. The summed E-state index contributed by atoms with van der Waals surface area (Å²) in [5.74, 6) is 0. The van der Waals surface area contributed by atoms with Crippen molar-refractivity contribution < 1.29 is 4.42 Å². The van der Waals surface area contributed by atoms with Crippen molar-refractivity contribution in [3.05, 3.63) is 237 Å². The first-order valence-corrected chi connectivity index (χ1v) is 21.2. The lowest BCUT2D eigenvalue weighted by Gasteiger charge is -2.26. The van der Waals surface area contributed by atoms with E-state index in [0.29, 0.717) is 0 Å². The molecule has 0 aliphatic rings. The van der Waals surface area contributed by atoms with Gasteiger partial charge in [-0.05, 0) is 126 Å². The van der Waals surface area contributed by atoms with Crippen molar-refractivity contribution in [1.82, 2.24) is 0 Å². The van der Waals surface area contributed by atoms with Crippen molar-refractivity contribution in [1.29, 1.82) is 0 Å². The molecule has 0 aliphatic carbocycles. The van der Waals surface area contributed by atoms with Gasteiger partial charge in [-0.1, -0.05) is 182 Å². The van der Waals surface area contributed by atoms with E-state index in [4.69, 9.17) is 4.42 Å². The van der Waals surface area contributed by atoms with Crippen molar-refractivity contribution in [2.45, 2.75) is 0 Å². The van der Waals surface area contributed by atoms with E-state index in [1.807, 2.05) is 6.07 Å². The molecule has 2 heteroatoms. The molecular weight excluding hydrogens is 751 g/mol. The Balaban J connectivity index is 0.998. The Bertz CT molecular complexity index is 3560. The number of rotatable bonds is 7. The van der Waals surface area contributed by atoms with E-state index >= 15 is 0 Å². The molecule has 0 radical (unpaired) electrons. The topological polar surface area (TPSA) is 16.4 Å². The van der Waals surface area contributed by atoms with Crippen LogP contribution < -0.4 is 4.90 Å². The Morgan fingerprint density at radius 1 is 0.242 bits per heavy atom. The third-order valence-corrected chi connectivity index (χ3v) is 12.5. The monoisotopic (exact) mass is 789 g/mol. The minimum Gasteiger partial charge on any atom is -0.456 e. The highest BCUT2D eigenvalue weighted by Gasteiger charge is 2.19. The van der Waals surface area contributed by atoms with Gasteiger partial charge in [-0.2, -0.15) is 0 Å². The lowest BCUT2D eigenvalue weighted by molar-refractivity contribution is 0.669. The molecule has 12 aromatic rings. The summed E-state index contributed by atoms with van der Waals surface area (Å²) in [4.78, 5) is 2.37. The normalized spacial score (nSPS) is 11.5. The van der Waals surface area contributed by atoms with Crippen LogP contribution in [0.1, 0.15) is 0 Å². The summed E-state index contributed by atoms with van der Waals surface area (Å²) in [6, 6.07) is 85.4. The molecule has 0 bridgehead atoms. The zero-order valence-electron chi connectivity index (χ0n) is 33.9. The molecule has 1 heterocycles. The number of fused-ring (bicyclic) bond motifs is 10. The summed E-state index contributed by atoms with van der Waals surface area (Å²) < 4.78 is 6.40. The fourth-order valence-electron chi connectivity index (χ4n) is 9.53. The Morgan fingerprint density at radius 2 is 0.677 bits per heavy atom. The van der Waals surface area contributed by atoms with Crippen molar-refractivity contribution in [2.24, 2.45) is 0 Å². The minimum absolute atomic E-state index is 0.913. The maximum absolute atomic E-state index is 6.40. The van der Waals surface area contributed by atoms with Crippen LogP contribution in [0.4, 0.5) is 17.1 Å². The molecule has 2 nitrogen and oxygen atoms in total. The van der Waals surface area contributed by atoms with E-state index in [1.165, 1.54) is 76.6 Å². The van der Waals surface area contributed by atoms with Crippen molar-refractivity contribution in [3.8, 4) is 44.5 Å². The Labute approximate surface area is 360 Å². The molecule has 0 N–H and O–H groups in total. The minimum atomic E-state index is 0.913. The van der Waals surface area contributed by atoms with Crippen molar-refractivity contribution >= 4 is 71.3 Å². The average molecular weight is 790 g/mol. The second-order valence-electron chi connectivity index (χ2n) is 16.0. The van der Waals surface area contributed by atoms with Gasteiger partial charge in [0.25, 0.3) is 0 Å². The molecule has 0 saturated carbocycles. The second-order valence-corrected chi connectivity index (χ2v) is 16.0. The van der Waals surface area contributed by atoms with Crippen LogP contribution in [-0.2, 0) is 0 Å². The lowest BCUT2D eigenvalue weighted by Crippen LogP contribution is -2.10. The van der Waals surface area contributed by atoms with Crippen LogP contribution in [0.3, 0.4) is 0 Å². The molecule has 62 heavy (non-hydrogen) atoms. The van der Waals surface area contributed by atoms with E-state index in [9.17, 15) is 0 Å². The molecule has 0 spiro atoms. The van der Waals surface area contributed by atoms with Crippen LogP contribution in [0.2, 0.25) is 0 Å². The van der Waals surface area contributed by atoms with Gasteiger partial charge < -0.3 is 9.32 Å². The SMILES string of the molecule is c1ccc(-c2ccc(-c3ccc(N(c4ccc(-c5ccccc5)cc4)c4cccc(-c5cccc6c7ccc8oc9ccccc9c8c7c7ccccc7c56)c4)cc3)cc2)cc1. The molecule has 12 rings (SSSR count). The molecule has 11 aromatic carbocycles. The fourth-order valence-corrected chi connectivity index (χ4v) is 9.53. The highest BCUT2D eigenvalue weighted by atomic mass is 16.3. The van der Waals surface area contributed by atoms with Crippen LogP contribution in [0.15, 0.2) is 241 Å². The summed E-state index contributed by atoms with van der Waals surface area (Å²) in [6.07, 6.45) is 0. The number of furan rings is 1. The molecule has 0 atom stereocenters. The first kappa shape index (κ1) is 35.7. The second kappa shape index (κ2) is 14.8. The quantitative estimate of drug-likeness (QED) is 0.150. The van der Waals surface area contributed by atoms with Gasteiger partial charge in [-0.25, -0.2) is 0 Å². The van der Waals surface area contributed by atoms with Gasteiger partial charge in [-0.3, -0.25) is 0 Å². The summed E-state index contributed by atoms with van der Waals surface area (Å²) in [7, 11) is 0. The first-order valence-electron chi connectivity index (χ1n) is 21.2. The third-order valence-electron chi connectivity index (χ3n) is 12.5. The standard InChI is InChI=1S/C60H39NO/c1-3-13-40(14-4-1)42-25-27-43(28-26-42)45-31-35-48(36-32-45)61(47-33-29-44(30-34-47)41-15-5-2-6-16-41)49-18-11-17-46(39-49)50-22-12-23-52-54-37-38-57-60(55-21-9-10-24-56(55)62-57)59(54)53-20-8-7-19-51(53)58(50)52/h1-39H. The maximum Gasteiger partial charge on any atom is 0.136 e. The number of para-hydroxylation sites is 1. The third kappa shape index (κ3) is 6.04. The van der Waals surface area contributed by atoms with E-state index in [2.05, 4.69) is 235 Å². The summed E-state index contributed by atoms with van der Waals surface area (Å²) in [5.41, 5.74) is 14.6. The summed E-state index contributed by atoms with van der Waals surface area (Å²) >= 11 is 0. The van der Waals surface area contributed by atoms with Crippen LogP contribution in [0.5, 0.6) is 0 Å². The van der Waals surface area contributed by atoms with Crippen LogP contribution in [0, 0.1) is 0 Å².